The average molecular weight is 218 g/mol. The molecule has 0 bridgehead atoms. The van der Waals surface area contributed by atoms with E-state index in [2.05, 4.69) is 26.0 Å². The second-order valence-corrected chi connectivity index (χ2v) is 4.66. The van der Waals surface area contributed by atoms with Crippen molar-refractivity contribution in [1.82, 2.24) is 0 Å². The smallest absolute Gasteiger partial charge is 0.0824 e. The minimum Gasteiger partial charge on any atom is -0.388 e. The van der Waals surface area contributed by atoms with Crippen molar-refractivity contribution in [1.29, 1.82) is 0 Å². The minimum atomic E-state index is -0.371. The first kappa shape index (κ1) is 13.0. The van der Waals surface area contributed by atoms with E-state index in [4.69, 9.17) is 0 Å². The Labute approximate surface area is 98.8 Å². The van der Waals surface area contributed by atoms with Crippen molar-refractivity contribution in [2.75, 3.05) is 0 Å². The maximum atomic E-state index is 9.87. The molecule has 1 aromatic carbocycles. The molecule has 0 aromatic heterocycles. The third kappa shape index (κ3) is 4.19. The number of hydrogen-bond donors (Lipinski definition) is 1. The summed E-state index contributed by atoms with van der Waals surface area (Å²) < 4.78 is 0. The van der Waals surface area contributed by atoms with Crippen molar-refractivity contribution in [3.63, 3.8) is 0 Å². The Morgan fingerprint density at radius 1 is 1.19 bits per heavy atom. The molecule has 0 saturated heterocycles. The van der Waals surface area contributed by atoms with Crippen molar-refractivity contribution in [3.8, 4) is 0 Å². The van der Waals surface area contributed by atoms with E-state index in [1.54, 1.807) is 0 Å². The Bertz CT molecular complexity index is 322. The fraction of sp³-hybridized carbons (Fsp3) is 0.467. The molecule has 0 aliphatic rings. The van der Waals surface area contributed by atoms with E-state index in [9.17, 15) is 5.11 Å². The summed E-state index contributed by atoms with van der Waals surface area (Å²) in [5, 5.41) is 9.87. The lowest BCUT2D eigenvalue weighted by Gasteiger charge is -2.10. The molecule has 1 heteroatoms. The Kier molecular flexibility index (Phi) is 5.27. The summed E-state index contributed by atoms with van der Waals surface area (Å²) in [6, 6.07) is 8.31. The van der Waals surface area contributed by atoms with Gasteiger partial charge in [-0.1, -0.05) is 50.3 Å². The third-order valence-electron chi connectivity index (χ3n) is 2.60. The van der Waals surface area contributed by atoms with E-state index in [1.807, 2.05) is 31.2 Å². The quantitative estimate of drug-likeness (QED) is 0.743. The molecule has 0 aliphatic heterocycles. The molecule has 1 rings (SSSR count). The molecule has 1 nitrogen and oxygen atoms in total. The van der Waals surface area contributed by atoms with E-state index < -0.39 is 0 Å². The highest BCUT2D eigenvalue weighted by Crippen LogP contribution is 2.18. The van der Waals surface area contributed by atoms with Crippen LogP contribution in [0.4, 0.5) is 0 Å². The van der Waals surface area contributed by atoms with Crippen LogP contribution in [0.5, 0.6) is 0 Å². The Balaban J connectivity index is 2.63. The molecular formula is C15H22O. The van der Waals surface area contributed by atoms with Crippen LogP contribution >= 0.6 is 0 Å². The Hall–Kier alpha value is -1.08. The summed E-state index contributed by atoms with van der Waals surface area (Å²) in [7, 11) is 0. The van der Waals surface area contributed by atoms with E-state index in [-0.39, 0.29) is 6.10 Å². The molecule has 1 unspecified atom stereocenters. The first-order valence-corrected chi connectivity index (χ1v) is 6.01. The summed E-state index contributed by atoms with van der Waals surface area (Å²) >= 11 is 0. The highest BCUT2D eigenvalue weighted by molar-refractivity contribution is 5.24. The number of hydrogen-bond acceptors (Lipinski definition) is 1. The summed E-state index contributed by atoms with van der Waals surface area (Å²) in [6.07, 6.45) is 5.39. The van der Waals surface area contributed by atoms with Crippen molar-refractivity contribution in [2.45, 2.75) is 39.7 Å². The van der Waals surface area contributed by atoms with Gasteiger partial charge in [0.1, 0.15) is 0 Å². The molecule has 1 N–H and O–H groups in total. The van der Waals surface area contributed by atoms with Crippen LogP contribution < -0.4 is 0 Å². The van der Waals surface area contributed by atoms with Gasteiger partial charge in [0.15, 0.2) is 0 Å². The van der Waals surface area contributed by atoms with Crippen LogP contribution in [0.25, 0.3) is 0 Å². The topological polar surface area (TPSA) is 20.2 Å². The maximum Gasteiger partial charge on any atom is 0.0824 e. The van der Waals surface area contributed by atoms with E-state index in [0.717, 1.165) is 12.0 Å². The van der Waals surface area contributed by atoms with Crippen LogP contribution in [0.3, 0.4) is 0 Å². The van der Waals surface area contributed by atoms with Crippen LogP contribution in [0, 0.1) is 5.92 Å². The van der Waals surface area contributed by atoms with Gasteiger partial charge in [0.25, 0.3) is 0 Å². The van der Waals surface area contributed by atoms with Gasteiger partial charge in [-0.05, 0) is 36.8 Å². The number of benzene rings is 1. The van der Waals surface area contributed by atoms with E-state index >= 15 is 0 Å². The highest BCUT2D eigenvalue weighted by atomic mass is 16.3. The van der Waals surface area contributed by atoms with Gasteiger partial charge in [-0.3, -0.25) is 0 Å². The highest BCUT2D eigenvalue weighted by Gasteiger charge is 2.05. The first-order valence-electron chi connectivity index (χ1n) is 6.01. The molecule has 0 amide bonds. The summed E-state index contributed by atoms with van der Waals surface area (Å²) in [5.41, 5.74) is 2.35. The zero-order chi connectivity index (χ0) is 12.0. The number of aliphatic hydroxyl groups is 1. The van der Waals surface area contributed by atoms with Gasteiger partial charge in [-0.25, -0.2) is 0 Å². The molecule has 1 atom stereocenters. The third-order valence-corrected chi connectivity index (χ3v) is 2.60. The van der Waals surface area contributed by atoms with Crippen molar-refractivity contribution in [2.24, 2.45) is 5.92 Å². The van der Waals surface area contributed by atoms with Crippen LogP contribution in [0.1, 0.15) is 44.4 Å². The van der Waals surface area contributed by atoms with Gasteiger partial charge in [0.2, 0.25) is 0 Å². The van der Waals surface area contributed by atoms with Crippen LogP contribution in [-0.2, 0) is 6.42 Å². The van der Waals surface area contributed by atoms with Crippen molar-refractivity contribution < 1.29 is 5.11 Å². The van der Waals surface area contributed by atoms with Crippen LogP contribution in [-0.4, -0.2) is 5.11 Å². The molecule has 0 saturated carbocycles. The zero-order valence-electron chi connectivity index (χ0n) is 10.5. The SMILES string of the molecule is CC=CCC(O)c1ccc(CC(C)C)cc1. The molecule has 1 aromatic rings. The second-order valence-electron chi connectivity index (χ2n) is 4.66. The molecule has 0 radical (unpaired) electrons. The van der Waals surface area contributed by atoms with Crippen molar-refractivity contribution >= 4 is 0 Å². The van der Waals surface area contributed by atoms with Gasteiger partial charge in [-0.15, -0.1) is 0 Å². The average Bonchev–Trinajstić information content (AvgIpc) is 2.26. The largest absolute Gasteiger partial charge is 0.388 e. The number of aliphatic hydroxyl groups excluding tert-OH is 1. The van der Waals surface area contributed by atoms with Crippen LogP contribution in [0.2, 0.25) is 0 Å². The molecule has 0 heterocycles. The fourth-order valence-corrected chi connectivity index (χ4v) is 1.75. The fourth-order valence-electron chi connectivity index (χ4n) is 1.75. The maximum absolute atomic E-state index is 9.87. The van der Waals surface area contributed by atoms with E-state index in [0.29, 0.717) is 12.3 Å². The Morgan fingerprint density at radius 3 is 2.31 bits per heavy atom. The molecule has 0 aliphatic carbocycles. The van der Waals surface area contributed by atoms with Gasteiger partial charge >= 0.3 is 0 Å². The molecule has 0 spiro atoms. The predicted molar refractivity (Wildman–Crippen MR) is 69.4 cm³/mol. The lowest BCUT2D eigenvalue weighted by atomic mass is 9.99. The lowest BCUT2D eigenvalue weighted by molar-refractivity contribution is 0.181. The van der Waals surface area contributed by atoms with Gasteiger partial charge in [0.05, 0.1) is 6.10 Å². The van der Waals surface area contributed by atoms with Gasteiger partial charge < -0.3 is 5.11 Å². The van der Waals surface area contributed by atoms with Crippen molar-refractivity contribution in [3.05, 3.63) is 47.5 Å². The summed E-state index contributed by atoms with van der Waals surface area (Å²) in [6.45, 7) is 6.40. The monoisotopic (exact) mass is 218 g/mol. The predicted octanol–water partition coefficient (Wildman–Crippen LogP) is 3.88. The van der Waals surface area contributed by atoms with Crippen LogP contribution in [0.15, 0.2) is 36.4 Å². The molecule has 16 heavy (non-hydrogen) atoms. The first-order chi connectivity index (χ1) is 7.63. The molecule has 0 fully saturated rings. The summed E-state index contributed by atoms with van der Waals surface area (Å²) in [5.74, 6) is 0.679. The summed E-state index contributed by atoms with van der Waals surface area (Å²) in [4.78, 5) is 0. The lowest BCUT2D eigenvalue weighted by Crippen LogP contribution is -1.98. The molecule has 88 valence electrons. The standard InChI is InChI=1S/C15H22O/c1-4-5-6-15(16)14-9-7-13(8-10-14)11-12(2)3/h4-5,7-10,12,15-16H,6,11H2,1-3H3. The minimum absolute atomic E-state index is 0.371. The normalized spacial score (nSPS) is 13.6. The van der Waals surface area contributed by atoms with Gasteiger partial charge in [0, 0.05) is 0 Å². The Morgan fingerprint density at radius 2 is 1.81 bits per heavy atom. The second kappa shape index (κ2) is 6.49. The zero-order valence-corrected chi connectivity index (χ0v) is 10.5. The molecular weight excluding hydrogens is 196 g/mol. The van der Waals surface area contributed by atoms with Gasteiger partial charge in [-0.2, -0.15) is 0 Å². The van der Waals surface area contributed by atoms with E-state index in [1.165, 1.54) is 5.56 Å². The number of rotatable bonds is 5. The number of allylic oxidation sites excluding steroid dienone is 1.